The number of imidazole rings is 1. The Morgan fingerprint density at radius 1 is 1.26 bits per heavy atom. The number of hydrogen-bond acceptors (Lipinski definition) is 2. The first kappa shape index (κ1) is 13.8. The van der Waals surface area contributed by atoms with Crippen LogP contribution in [0, 0.1) is 19.8 Å². The second kappa shape index (κ2) is 6.02. The van der Waals surface area contributed by atoms with Crippen LogP contribution in [0.15, 0.2) is 30.6 Å². The summed E-state index contributed by atoms with van der Waals surface area (Å²) in [7, 11) is 0. The van der Waals surface area contributed by atoms with Gasteiger partial charge < -0.3 is 9.88 Å². The van der Waals surface area contributed by atoms with E-state index in [2.05, 4.69) is 53.8 Å². The third kappa shape index (κ3) is 3.44. The molecule has 2 rings (SSSR count). The summed E-state index contributed by atoms with van der Waals surface area (Å²) in [5, 5.41) is 3.52. The summed E-state index contributed by atoms with van der Waals surface area (Å²) in [6.45, 7) is 10.6. The molecule has 0 saturated carbocycles. The molecule has 0 aliphatic heterocycles. The molecule has 0 saturated heterocycles. The van der Waals surface area contributed by atoms with Crippen LogP contribution in [0.25, 0.3) is 5.69 Å². The minimum atomic E-state index is 0.670. The van der Waals surface area contributed by atoms with Crippen LogP contribution in [0.1, 0.15) is 30.8 Å². The Bertz CT molecular complexity index is 541. The molecule has 0 radical (unpaired) electrons. The van der Waals surface area contributed by atoms with Crippen molar-refractivity contribution in [2.24, 2.45) is 5.92 Å². The SMILES string of the molecule is Cc1ccc(-n2ccnc2C)c(CNCC(C)C)c1. The number of aryl methyl sites for hydroxylation is 2. The lowest BCUT2D eigenvalue weighted by Crippen LogP contribution is -2.20. The van der Waals surface area contributed by atoms with E-state index in [1.54, 1.807) is 0 Å². The van der Waals surface area contributed by atoms with Crippen LogP contribution in [0.5, 0.6) is 0 Å². The van der Waals surface area contributed by atoms with Crippen LogP contribution in [-0.4, -0.2) is 16.1 Å². The van der Waals surface area contributed by atoms with Gasteiger partial charge in [-0.25, -0.2) is 4.98 Å². The first-order valence-electron chi connectivity index (χ1n) is 6.88. The Morgan fingerprint density at radius 3 is 2.68 bits per heavy atom. The molecule has 1 aromatic heterocycles. The maximum atomic E-state index is 4.31. The van der Waals surface area contributed by atoms with E-state index in [4.69, 9.17) is 0 Å². The molecule has 1 heterocycles. The number of rotatable bonds is 5. The third-order valence-electron chi connectivity index (χ3n) is 3.19. The standard InChI is InChI=1S/C16H23N3/c1-12(2)10-17-11-15-9-13(3)5-6-16(15)19-8-7-18-14(19)4/h5-9,12,17H,10-11H2,1-4H3. The second-order valence-electron chi connectivity index (χ2n) is 5.50. The molecule has 2 aromatic rings. The minimum absolute atomic E-state index is 0.670. The van der Waals surface area contributed by atoms with Crippen LogP contribution in [0.4, 0.5) is 0 Å². The summed E-state index contributed by atoms with van der Waals surface area (Å²) in [5.41, 5.74) is 3.83. The van der Waals surface area contributed by atoms with Gasteiger partial charge >= 0.3 is 0 Å². The maximum absolute atomic E-state index is 4.31. The van der Waals surface area contributed by atoms with Gasteiger partial charge in [-0.05, 0) is 37.9 Å². The van der Waals surface area contributed by atoms with Gasteiger partial charge in [-0.3, -0.25) is 0 Å². The topological polar surface area (TPSA) is 29.9 Å². The summed E-state index contributed by atoms with van der Waals surface area (Å²) in [4.78, 5) is 4.31. The van der Waals surface area contributed by atoms with E-state index < -0.39 is 0 Å². The molecule has 102 valence electrons. The van der Waals surface area contributed by atoms with Gasteiger partial charge in [0.05, 0.1) is 5.69 Å². The second-order valence-corrected chi connectivity index (χ2v) is 5.50. The van der Waals surface area contributed by atoms with E-state index in [1.807, 2.05) is 19.3 Å². The van der Waals surface area contributed by atoms with E-state index in [0.29, 0.717) is 5.92 Å². The van der Waals surface area contributed by atoms with Gasteiger partial charge in [-0.2, -0.15) is 0 Å². The number of nitrogens with one attached hydrogen (secondary N) is 1. The van der Waals surface area contributed by atoms with E-state index in [9.17, 15) is 0 Å². The van der Waals surface area contributed by atoms with E-state index in [0.717, 1.165) is 18.9 Å². The maximum Gasteiger partial charge on any atom is 0.110 e. The predicted molar refractivity (Wildman–Crippen MR) is 79.6 cm³/mol. The first-order chi connectivity index (χ1) is 9.08. The number of nitrogens with zero attached hydrogens (tertiary/aromatic N) is 2. The summed E-state index contributed by atoms with van der Waals surface area (Å²) >= 11 is 0. The molecular formula is C16H23N3. The van der Waals surface area contributed by atoms with Crippen LogP contribution >= 0.6 is 0 Å². The van der Waals surface area contributed by atoms with Crippen molar-refractivity contribution >= 4 is 0 Å². The van der Waals surface area contributed by atoms with E-state index in [1.165, 1.54) is 16.8 Å². The average molecular weight is 257 g/mol. The van der Waals surface area contributed by atoms with E-state index in [-0.39, 0.29) is 0 Å². The summed E-state index contributed by atoms with van der Waals surface area (Å²) in [6.07, 6.45) is 3.87. The van der Waals surface area contributed by atoms with Gasteiger partial charge in [0, 0.05) is 18.9 Å². The Kier molecular flexibility index (Phi) is 4.38. The fraction of sp³-hybridized carbons (Fsp3) is 0.438. The summed E-state index contributed by atoms with van der Waals surface area (Å²) in [6, 6.07) is 6.58. The molecule has 0 amide bonds. The third-order valence-corrected chi connectivity index (χ3v) is 3.19. The monoisotopic (exact) mass is 257 g/mol. The van der Waals surface area contributed by atoms with Gasteiger partial charge in [0.1, 0.15) is 5.82 Å². The molecule has 1 N–H and O–H groups in total. The Balaban J connectivity index is 2.26. The normalized spacial score (nSPS) is 11.2. The molecule has 0 bridgehead atoms. The minimum Gasteiger partial charge on any atom is -0.312 e. The van der Waals surface area contributed by atoms with Crippen molar-refractivity contribution in [2.45, 2.75) is 34.2 Å². The zero-order valence-corrected chi connectivity index (χ0v) is 12.3. The highest BCUT2D eigenvalue weighted by Crippen LogP contribution is 2.18. The van der Waals surface area contributed by atoms with Crippen LogP contribution in [-0.2, 0) is 6.54 Å². The van der Waals surface area contributed by atoms with Crippen LogP contribution in [0.3, 0.4) is 0 Å². The van der Waals surface area contributed by atoms with Gasteiger partial charge in [0.2, 0.25) is 0 Å². The molecule has 19 heavy (non-hydrogen) atoms. The first-order valence-corrected chi connectivity index (χ1v) is 6.88. The zero-order chi connectivity index (χ0) is 13.8. The van der Waals surface area contributed by atoms with Gasteiger partial charge in [0.15, 0.2) is 0 Å². The van der Waals surface area contributed by atoms with Crippen molar-refractivity contribution in [3.8, 4) is 5.69 Å². The van der Waals surface area contributed by atoms with Crippen molar-refractivity contribution in [2.75, 3.05) is 6.54 Å². The Morgan fingerprint density at radius 2 is 2.05 bits per heavy atom. The number of benzene rings is 1. The molecule has 0 aliphatic carbocycles. The highest BCUT2D eigenvalue weighted by atomic mass is 15.1. The molecule has 3 heteroatoms. The molecule has 1 aromatic carbocycles. The van der Waals surface area contributed by atoms with Gasteiger partial charge in [-0.15, -0.1) is 0 Å². The lowest BCUT2D eigenvalue weighted by atomic mass is 10.1. The molecular weight excluding hydrogens is 234 g/mol. The number of aromatic nitrogens is 2. The molecule has 3 nitrogen and oxygen atoms in total. The lowest BCUT2D eigenvalue weighted by Gasteiger charge is -2.14. The van der Waals surface area contributed by atoms with Crippen molar-refractivity contribution in [1.82, 2.24) is 14.9 Å². The molecule has 0 fully saturated rings. The smallest absolute Gasteiger partial charge is 0.110 e. The molecule has 0 aliphatic rings. The van der Waals surface area contributed by atoms with Gasteiger partial charge in [-0.1, -0.05) is 31.5 Å². The van der Waals surface area contributed by atoms with Crippen molar-refractivity contribution in [3.05, 3.63) is 47.5 Å². The molecule has 0 unspecified atom stereocenters. The highest BCUT2D eigenvalue weighted by molar-refractivity contribution is 5.44. The fourth-order valence-corrected chi connectivity index (χ4v) is 2.22. The summed E-state index contributed by atoms with van der Waals surface area (Å²) in [5.74, 6) is 1.69. The largest absolute Gasteiger partial charge is 0.312 e. The van der Waals surface area contributed by atoms with Crippen molar-refractivity contribution < 1.29 is 0 Å². The van der Waals surface area contributed by atoms with Crippen LogP contribution < -0.4 is 5.32 Å². The predicted octanol–water partition coefficient (Wildman–Crippen LogP) is 3.23. The fourth-order valence-electron chi connectivity index (χ4n) is 2.22. The quantitative estimate of drug-likeness (QED) is 0.891. The van der Waals surface area contributed by atoms with Crippen molar-refractivity contribution in [3.63, 3.8) is 0 Å². The zero-order valence-electron chi connectivity index (χ0n) is 12.3. The van der Waals surface area contributed by atoms with Gasteiger partial charge in [0.25, 0.3) is 0 Å². The number of hydrogen-bond donors (Lipinski definition) is 1. The Labute approximate surface area is 115 Å². The molecule has 0 atom stereocenters. The van der Waals surface area contributed by atoms with E-state index >= 15 is 0 Å². The average Bonchev–Trinajstić information content (AvgIpc) is 2.75. The molecule has 0 spiro atoms. The van der Waals surface area contributed by atoms with Crippen molar-refractivity contribution in [1.29, 1.82) is 0 Å². The van der Waals surface area contributed by atoms with Crippen LogP contribution in [0.2, 0.25) is 0 Å². The Hall–Kier alpha value is -1.61. The summed E-state index contributed by atoms with van der Waals surface area (Å²) < 4.78 is 2.14. The highest BCUT2D eigenvalue weighted by Gasteiger charge is 2.07. The lowest BCUT2D eigenvalue weighted by molar-refractivity contribution is 0.551.